The van der Waals surface area contributed by atoms with E-state index in [9.17, 15) is 0 Å². The Morgan fingerprint density at radius 1 is 1.57 bits per heavy atom. The average Bonchev–Trinajstić information content (AvgIpc) is 2.18. The van der Waals surface area contributed by atoms with E-state index in [0.717, 1.165) is 15.8 Å². The molecule has 0 bridgehead atoms. The summed E-state index contributed by atoms with van der Waals surface area (Å²) in [6.45, 7) is 0.0802. The second-order valence-electron chi connectivity index (χ2n) is 3.01. The van der Waals surface area contributed by atoms with Gasteiger partial charge in [0.05, 0.1) is 7.11 Å². The Labute approximate surface area is 92.0 Å². The van der Waals surface area contributed by atoms with Gasteiger partial charge in [0.15, 0.2) is 0 Å². The number of nitrogens with two attached hydrogens (primary N) is 1. The van der Waals surface area contributed by atoms with Crippen molar-refractivity contribution in [3.63, 3.8) is 0 Å². The Bertz CT molecular complexity index is 304. The fourth-order valence-electron chi connectivity index (χ4n) is 1.29. The molecule has 1 atom stereocenters. The Balaban J connectivity index is 2.97. The van der Waals surface area contributed by atoms with Gasteiger partial charge >= 0.3 is 0 Å². The third-order valence-electron chi connectivity index (χ3n) is 2.03. The molecule has 0 aliphatic heterocycles. The number of rotatable bonds is 4. The molecule has 3 N–H and O–H groups in total. The molecule has 0 aliphatic rings. The lowest BCUT2D eigenvalue weighted by molar-refractivity contribution is 0.275. The summed E-state index contributed by atoms with van der Waals surface area (Å²) in [7, 11) is 1.61. The third-order valence-corrected chi connectivity index (χ3v) is 2.52. The highest BCUT2D eigenvalue weighted by Crippen LogP contribution is 2.28. The minimum atomic E-state index is -0.188. The smallest absolute Gasteiger partial charge is 0.123 e. The molecule has 0 unspecified atom stereocenters. The van der Waals surface area contributed by atoms with E-state index in [4.69, 9.17) is 15.6 Å². The predicted octanol–water partition coefficient (Wildman–Crippen LogP) is 1.84. The molecule has 0 aliphatic carbocycles. The molecule has 0 radical (unpaired) electrons. The molecular formula is C10H14BrNO2. The maximum Gasteiger partial charge on any atom is 0.123 e. The van der Waals surface area contributed by atoms with Gasteiger partial charge in [0, 0.05) is 22.7 Å². The van der Waals surface area contributed by atoms with Gasteiger partial charge in [0.2, 0.25) is 0 Å². The number of methoxy groups -OCH3 is 1. The molecule has 78 valence electrons. The highest BCUT2D eigenvalue weighted by Gasteiger charge is 2.11. The first kappa shape index (κ1) is 11.5. The zero-order valence-electron chi connectivity index (χ0n) is 8.03. The van der Waals surface area contributed by atoms with Crippen LogP contribution in [0.2, 0.25) is 0 Å². The Morgan fingerprint density at radius 3 is 2.86 bits per heavy atom. The first-order valence-corrected chi connectivity index (χ1v) is 5.18. The van der Waals surface area contributed by atoms with Crippen LogP contribution in [0.25, 0.3) is 0 Å². The summed E-state index contributed by atoms with van der Waals surface area (Å²) >= 11 is 3.37. The third kappa shape index (κ3) is 2.70. The van der Waals surface area contributed by atoms with E-state index in [1.807, 2.05) is 18.2 Å². The number of aliphatic hydroxyl groups is 1. The second kappa shape index (κ2) is 5.34. The van der Waals surface area contributed by atoms with E-state index in [1.54, 1.807) is 7.11 Å². The number of hydrogen-bond acceptors (Lipinski definition) is 3. The lowest BCUT2D eigenvalue weighted by Crippen LogP contribution is -2.13. The van der Waals surface area contributed by atoms with Crippen LogP contribution >= 0.6 is 15.9 Å². The first-order chi connectivity index (χ1) is 6.69. The number of halogens is 1. The van der Waals surface area contributed by atoms with Crippen molar-refractivity contribution in [3.05, 3.63) is 28.2 Å². The zero-order chi connectivity index (χ0) is 10.6. The molecule has 0 aromatic heterocycles. The lowest BCUT2D eigenvalue weighted by atomic mass is 10.0. The van der Waals surface area contributed by atoms with Crippen molar-refractivity contribution in [1.29, 1.82) is 0 Å². The first-order valence-electron chi connectivity index (χ1n) is 4.39. The monoisotopic (exact) mass is 259 g/mol. The van der Waals surface area contributed by atoms with Crippen molar-refractivity contribution in [1.82, 2.24) is 0 Å². The van der Waals surface area contributed by atoms with Crippen molar-refractivity contribution in [2.24, 2.45) is 5.73 Å². The largest absolute Gasteiger partial charge is 0.496 e. The van der Waals surface area contributed by atoms with Crippen molar-refractivity contribution >= 4 is 15.9 Å². The molecular weight excluding hydrogens is 246 g/mol. The predicted molar refractivity (Wildman–Crippen MR) is 59.3 cm³/mol. The number of hydrogen-bond donors (Lipinski definition) is 2. The van der Waals surface area contributed by atoms with E-state index in [-0.39, 0.29) is 12.6 Å². The highest BCUT2D eigenvalue weighted by atomic mass is 79.9. The van der Waals surface area contributed by atoms with Crippen LogP contribution in [0.3, 0.4) is 0 Å². The molecule has 0 amide bonds. The quantitative estimate of drug-likeness (QED) is 0.868. The van der Waals surface area contributed by atoms with Crippen LogP contribution in [-0.2, 0) is 0 Å². The van der Waals surface area contributed by atoms with Crippen LogP contribution in [0.1, 0.15) is 18.0 Å². The zero-order valence-corrected chi connectivity index (χ0v) is 9.62. The van der Waals surface area contributed by atoms with Gasteiger partial charge in [0.1, 0.15) is 5.75 Å². The summed E-state index contributed by atoms with van der Waals surface area (Å²) in [5.41, 5.74) is 6.80. The van der Waals surface area contributed by atoms with Crippen LogP contribution in [0.5, 0.6) is 5.75 Å². The molecule has 4 heteroatoms. The molecule has 0 fully saturated rings. The van der Waals surface area contributed by atoms with Crippen molar-refractivity contribution in [2.75, 3.05) is 13.7 Å². The number of aliphatic hydroxyl groups excluding tert-OH is 1. The molecule has 1 aromatic rings. The van der Waals surface area contributed by atoms with Gasteiger partial charge in [-0.15, -0.1) is 0 Å². The van der Waals surface area contributed by atoms with Gasteiger partial charge in [-0.05, 0) is 24.6 Å². The van der Waals surface area contributed by atoms with Crippen molar-refractivity contribution in [3.8, 4) is 5.75 Å². The number of ether oxygens (including phenoxy) is 1. The highest BCUT2D eigenvalue weighted by molar-refractivity contribution is 9.10. The topological polar surface area (TPSA) is 55.5 Å². The summed E-state index contributed by atoms with van der Waals surface area (Å²) < 4.78 is 6.15. The van der Waals surface area contributed by atoms with Crippen LogP contribution in [0, 0.1) is 0 Å². The average molecular weight is 260 g/mol. The van der Waals surface area contributed by atoms with Crippen molar-refractivity contribution in [2.45, 2.75) is 12.5 Å². The standard InChI is InChI=1S/C10H14BrNO2/c1-14-10-3-2-7(11)6-8(10)9(12)4-5-13/h2-3,6,9,13H,4-5,12H2,1H3/t9-/m0/s1. The molecule has 14 heavy (non-hydrogen) atoms. The van der Waals surface area contributed by atoms with E-state index < -0.39 is 0 Å². The summed E-state index contributed by atoms with van der Waals surface area (Å²) in [5, 5.41) is 8.80. The van der Waals surface area contributed by atoms with Gasteiger partial charge in [0.25, 0.3) is 0 Å². The van der Waals surface area contributed by atoms with E-state index in [0.29, 0.717) is 6.42 Å². The summed E-state index contributed by atoms with van der Waals surface area (Å²) in [4.78, 5) is 0. The Kier molecular flexibility index (Phi) is 4.38. The minimum Gasteiger partial charge on any atom is -0.496 e. The van der Waals surface area contributed by atoms with Crippen molar-refractivity contribution < 1.29 is 9.84 Å². The van der Waals surface area contributed by atoms with Gasteiger partial charge < -0.3 is 15.6 Å². The SMILES string of the molecule is COc1ccc(Br)cc1[C@@H](N)CCO. The maximum absolute atomic E-state index is 8.80. The van der Waals surface area contributed by atoms with E-state index in [2.05, 4.69) is 15.9 Å². The number of benzene rings is 1. The van der Waals surface area contributed by atoms with Crippen LogP contribution < -0.4 is 10.5 Å². The Morgan fingerprint density at radius 2 is 2.29 bits per heavy atom. The summed E-state index contributed by atoms with van der Waals surface area (Å²) in [5.74, 6) is 0.758. The van der Waals surface area contributed by atoms with Gasteiger partial charge in [-0.1, -0.05) is 15.9 Å². The Hall–Kier alpha value is -0.580. The molecule has 1 rings (SSSR count). The summed E-state index contributed by atoms with van der Waals surface area (Å²) in [6.07, 6.45) is 0.535. The molecule has 0 spiro atoms. The molecule has 0 saturated heterocycles. The van der Waals surface area contributed by atoms with Crippen LogP contribution in [-0.4, -0.2) is 18.8 Å². The normalized spacial score (nSPS) is 12.6. The van der Waals surface area contributed by atoms with Gasteiger partial charge in [-0.25, -0.2) is 0 Å². The lowest BCUT2D eigenvalue weighted by Gasteiger charge is -2.14. The fourth-order valence-corrected chi connectivity index (χ4v) is 1.67. The van der Waals surface area contributed by atoms with E-state index >= 15 is 0 Å². The maximum atomic E-state index is 8.80. The van der Waals surface area contributed by atoms with E-state index in [1.165, 1.54) is 0 Å². The van der Waals surface area contributed by atoms with Crippen LogP contribution in [0.4, 0.5) is 0 Å². The molecule has 0 heterocycles. The minimum absolute atomic E-state index is 0.0802. The molecule has 3 nitrogen and oxygen atoms in total. The molecule has 0 saturated carbocycles. The van der Waals surface area contributed by atoms with Gasteiger partial charge in [-0.2, -0.15) is 0 Å². The summed E-state index contributed by atoms with van der Waals surface area (Å²) in [6, 6.07) is 5.48. The van der Waals surface area contributed by atoms with Crippen LogP contribution in [0.15, 0.2) is 22.7 Å². The van der Waals surface area contributed by atoms with Gasteiger partial charge in [-0.3, -0.25) is 0 Å². The fraction of sp³-hybridized carbons (Fsp3) is 0.400. The second-order valence-corrected chi connectivity index (χ2v) is 3.92. The molecule has 1 aromatic carbocycles.